The summed E-state index contributed by atoms with van der Waals surface area (Å²) in [7, 11) is 0. The minimum Gasteiger partial charge on any atom is -0.393 e. The number of rotatable bonds is 1. The zero-order chi connectivity index (χ0) is 19.8. The fourth-order valence-electron chi connectivity index (χ4n) is 8.33. The Labute approximate surface area is 174 Å². The summed E-state index contributed by atoms with van der Waals surface area (Å²) in [5.41, 5.74) is 4.71. The van der Waals surface area contributed by atoms with E-state index in [-0.39, 0.29) is 11.5 Å². The van der Waals surface area contributed by atoms with Crippen LogP contribution in [0.4, 0.5) is 0 Å². The van der Waals surface area contributed by atoms with Crippen molar-refractivity contribution in [2.45, 2.75) is 71.3 Å². The lowest BCUT2D eigenvalue weighted by atomic mass is 9.45. The number of para-hydroxylation sites is 1. The van der Waals surface area contributed by atoms with Crippen LogP contribution in [0.3, 0.4) is 0 Å². The third-order valence-electron chi connectivity index (χ3n) is 9.98. The molecule has 0 spiro atoms. The van der Waals surface area contributed by atoms with Crippen LogP contribution in [0.1, 0.15) is 63.6 Å². The average Bonchev–Trinajstić information content (AvgIpc) is 3.26. The Morgan fingerprint density at radius 3 is 2.59 bits per heavy atom. The van der Waals surface area contributed by atoms with Gasteiger partial charge in [-0.05, 0) is 104 Å². The van der Waals surface area contributed by atoms with Crippen LogP contribution in [-0.4, -0.2) is 21.0 Å². The van der Waals surface area contributed by atoms with Crippen LogP contribution in [0.5, 0.6) is 0 Å². The number of aliphatic hydroxyl groups excluding tert-OH is 1. The summed E-state index contributed by atoms with van der Waals surface area (Å²) >= 11 is 0. The van der Waals surface area contributed by atoms with Crippen LogP contribution < -0.4 is 0 Å². The Morgan fingerprint density at radius 2 is 1.76 bits per heavy atom. The molecule has 0 bridgehead atoms. The molecule has 3 saturated carbocycles. The van der Waals surface area contributed by atoms with Crippen LogP contribution in [0, 0.1) is 34.5 Å². The zero-order valence-electron chi connectivity index (χ0n) is 17.8. The molecule has 0 unspecified atom stereocenters. The molecule has 1 heterocycles. The Morgan fingerprint density at radius 1 is 0.966 bits per heavy atom. The summed E-state index contributed by atoms with van der Waals surface area (Å²) in [5, 5.41) is 15.5. The molecule has 4 aliphatic rings. The maximum absolute atomic E-state index is 10.7. The summed E-state index contributed by atoms with van der Waals surface area (Å²) in [6.45, 7) is 4.99. The van der Waals surface area contributed by atoms with E-state index in [0.717, 1.165) is 30.1 Å². The fourth-order valence-corrected chi connectivity index (χ4v) is 8.33. The third kappa shape index (κ3) is 2.43. The zero-order valence-corrected chi connectivity index (χ0v) is 17.8. The Balaban J connectivity index is 1.34. The van der Waals surface area contributed by atoms with E-state index in [9.17, 15) is 5.11 Å². The predicted octanol–water partition coefficient (Wildman–Crippen LogP) is 5.19. The van der Waals surface area contributed by atoms with E-state index in [2.05, 4.69) is 55.1 Å². The molecule has 154 valence electrons. The number of benzene rings is 1. The molecule has 0 radical (unpaired) electrons. The minimum atomic E-state index is -0.0685. The molecular weight excluding hydrogens is 356 g/mol. The van der Waals surface area contributed by atoms with Gasteiger partial charge in [0.05, 0.1) is 18.0 Å². The van der Waals surface area contributed by atoms with Crippen molar-refractivity contribution in [2.75, 3.05) is 0 Å². The van der Waals surface area contributed by atoms with Gasteiger partial charge in [0.1, 0.15) is 0 Å². The number of aromatic nitrogens is 2. The van der Waals surface area contributed by atoms with Crippen molar-refractivity contribution in [3.05, 3.63) is 47.8 Å². The van der Waals surface area contributed by atoms with Gasteiger partial charge in [0.15, 0.2) is 0 Å². The summed E-state index contributed by atoms with van der Waals surface area (Å²) in [6.07, 6.45) is 12.0. The molecule has 1 aromatic heterocycles. The van der Waals surface area contributed by atoms with Crippen molar-refractivity contribution in [1.82, 2.24) is 9.78 Å². The molecular formula is C26H34N2O. The van der Waals surface area contributed by atoms with Crippen LogP contribution in [-0.2, 0) is 12.8 Å². The second-order valence-corrected chi connectivity index (χ2v) is 11.0. The van der Waals surface area contributed by atoms with Gasteiger partial charge in [-0.1, -0.05) is 32.0 Å². The van der Waals surface area contributed by atoms with Gasteiger partial charge in [-0.25, -0.2) is 4.68 Å². The van der Waals surface area contributed by atoms with E-state index >= 15 is 0 Å². The summed E-state index contributed by atoms with van der Waals surface area (Å²) in [6, 6.07) is 10.6. The molecule has 1 aromatic carbocycles. The lowest BCUT2D eigenvalue weighted by Crippen LogP contribution is -2.54. The first-order valence-corrected chi connectivity index (χ1v) is 11.8. The van der Waals surface area contributed by atoms with Crippen LogP contribution in [0.2, 0.25) is 0 Å². The number of nitrogens with zero attached hydrogens (tertiary/aromatic N) is 2. The first kappa shape index (κ1) is 18.2. The van der Waals surface area contributed by atoms with Crippen LogP contribution >= 0.6 is 0 Å². The van der Waals surface area contributed by atoms with Gasteiger partial charge >= 0.3 is 0 Å². The normalized spacial score (nSPS) is 43.2. The summed E-state index contributed by atoms with van der Waals surface area (Å²) < 4.78 is 2.20. The van der Waals surface area contributed by atoms with E-state index in [1.165, 1.54) is 61.9 Å². The van der Waals surface area contributed by atoms with Crippen molar-refractivity contribution in [1.29, 1.82) is 0 Å². The van der Waals surface area contributed by atoms with Crippen molar-refractivity contribution >= 4 is 0 Å². The van der Waals surface area contributed by atoms with Crippen molar-refractivity contribution in [3.8, 4) is 5.69 Å². The van der Waals surface area contributed by atoms with Gasteiger partial charge in [-0.2, -0.15) is 5.10 Å². The topological polar surface area (TPSA) is 38.0 Å². The smallest absolute Gasteiger partial charge is 0.0648 e. The first-order chi connectivity index (χ1) is 14.0. The molecule has 3 nitrogen and oxygen atoms in total. The van der Waals surface area contributed by atoms with Gasteiger partial charge in [-0.3, -0.25) is 0 Å². The maximum atomic E-state index is 10.7. The van der Waals surface area contributed by atoms with Gasteiger partial charge in [0, 0.05) is 5.69 Å². The quantitative estimate of drug-likeness (QED) is 0.727. The van der Waals surface area contributed by atoms with E-state index in [1.807, 2.05) is 0 Å². The largest absolute Gasteiger partial charge is 0.393 e. The van der Waals surface area contributed by atoms with Crippen LogP contribution in [0.25, 0.3) is 5.69 Å². The van der Waals surface area contributed by atoms with E-state index in [4.69, 9.17) is 5.10 Å². The lowest BCUT2D eigenvalue weighted by molar-refractivity contribution is -0.111. The van der Waals surface area contributed by atoms with E-state index in [1.54, 1.807) is 0 Å². The number of aliphatic hydroxyl groups is 1. The maximum Gasteiger partial charge on any atom is 0.0648 e. The highest BCUT2D eigenvalue weighted by Crippen LogP contribution is 2.65. The minimum absolute atomic E-state index is 0.0685. The SMILES string of the molecule is C[C@]12Cc3cnn(-c4ccccc4)c3C[C@@H]1CC[C@@H]1[C@@H]2CC[C@]2(C)[C@@H](O)CC[C@@H]12. The molecule has 7 atom stereocenters. The Kier molecular flexibility index (Phi) is 3.89. The Hall–Kier alpha value is -1.61. The molecule has 0 amide bonds. The average molecular weight is 391 g/mol. The van der Waals surface area contributed by atoms with E-state index < -0.39 is 0 Å². The molecule has 4 aliphatic carbocycles. The summed E-state index contributed by atoms with van der Waals surface area (Å²) in [5.74, 6) is 3.14. The van der Waals surface area contributed by atoms with Crippen molar-refractivity contribution < 1.29 is 5.11 Å². The van der Waals surface area contributed by atoms with Gasteiger partial charge in [0.25, 0.3) is 0 Å². The van der Waals surface area contributed by atoms with Crippen molar-refractivity contribution in [2.24, 2.45) is 34.5 Å². The van der Waals surface area contributed by atoms with Crippen molar-refractivity contribution in [3.63, 3.8) is 0 Å². The molecule has 0 aliphatic heterocycles. The van der Waals surface area contributed by atoms with Gasteiger partial charge < -0.3 is 5.11 Å². The lowest BCUT2D eigenvalue weighted by Gasteiger charge is -2.60. The molecule has 29 heavy (non-hydrogen) atoms. The van der Waals surface area contributed by atoms with Crippen LogP contribution in [0.15, 0.2) is 36.5 Å². The first-order valence-electron chi connectivity index (χ1n) is 11.8. The molecule has 2 aromatic rings. The molecule has 3 heteroatoms. The number of hydrogen-bond donors (Lipinski definition) is 1. The van der Waals surface area contributed by atoms with Gasteiger partial charge in [-0.15, -0.1) is 0 Å². The monoisotopic (exact) mass is 390 g/mol. The third-order valence-corrected chi connectivity index (χ3v) is 9.98. The Bertz CT molecular complexity index is 920. The van der Waals surface area contributed by atoms with E-state index in [0.29, 0.717) is 5.41 Å². The highest BCUT2D eigenvalue weighted by atomic mass is 16.3. The van der Waals surface area contributed by atoms with Gasteiger partial charge in [0.2, 0.25) is 0 Å². The fraction of sp³-hybridized carbons (Fsp3) is 0.654. The molecule has 3 fully saturated rings. The highest BCUT2D eigenvalue weighted by molar-refractivity contribution is 5.37. The molecule has 0 saturated heterocycles. The second-order valence-electron chi connectivity index (χ2n) is 11.0. The molecule has 6 rings (SSSR count). The molecule has 1 N–H and O–H groups in total. The number of fused-ring (bicyclic) bond motifs is 6. The second kappa shape index (κ2) is 6.20. The predicted molar refractivity (Wildman–Crippen MR) is 115 cm³/mol. The number of hydrogen-bond acceptors (Lipinski definition) is 2. The summed E-state index contributed by atoms with van der Waals surface area (Å²) in [4.78, 5) is 0. The highest BCUT2D eigenvalue weighted by Gasteiger charge is 2.60. The standard InChI is InChI=1S/C26H34N2O/c1-25-13-12-22-20(21(25)10-11-24(25)29)9-8-18-14-23-17(15-26(18,22)2)16-27-28(23)19-6-4-3-5-7-19/h3-7,16,18,20-22,24,29H,8-15H2,1-2H3/t18-,20-,21-,22-,24-,25-,26-/m0/s1.